The quantitative estimate of drug-likeness (QED) is 0.366. The minimum absolute atomic E-state index is 0.0599. The van der Waals surface area contributed by atoms with Crippen LogP contribution in [0.15, 0.2) is 0 Å². The topological polar surface area (TPSA) is 122 Å². The molecule has 0 heterocycles. The molecule has 0 rings (SSSR count). The van der Waals surface area contributed by atoms with Crippen molar-refractivity contribution in [2.24, 2.45) is 11.7 Å². The zero-order chi connectivity index (χ0) is 15.0. The fourth-order valence-electron chi connectivity index (χ4n) is 1.38. The maximum absolute atomic E-state index is 11.9. The summed E-state index contributed by atoms with van der Waals surface area (Å²) in [4.78, 5) is 34.1. The third-order valence-corrected chi connectivity index (χ3v) is 3.16. The fourth-order valence-corrected chi connectivity index (χ4v) is 1.64. The Balaban J connectivity index is 4.68. The van der Waals surface area contributed by atoms with Crippen LogP contribution in [0.1, 0.15) is 20.3 Å². The Morgan fingerprint density at radius 3 is 2.26 bits per heavy atom. The first-order valence-corrected chi connectivity index (χ1v) is 6.64. The first kappa shape index (κ1) is 17.7. The van der Waals surface area contributed by atoms with Gasteiger partial charge in [-0.2, -0.15) is 12.6 Å². The van der Waals surface area contributed by atoms with Gasteiger partial charge in [-0.25, -0.2) is 4.79 Å². The molecular weight excluding hydrogens is 270 g/mol. The lowest BCUT2D eigenvalue weighted by Gasteiger charge is -2.23. The van der Waals surface area contributed by atoms with Crippen molar-refractivity contribution in [3.8, 4) is 0 Å². The number of amides is 2. The van der Waals surface area contributed by atoms with Crippen molar-refractivity contribution < 1.29 is 19.5 Å². The van der Waals surface area contributed by atoms with E-state index in [-0.39, 0.29) is 18.2 Å². The van der Waals surface area contributed by atoms with Crippen LogP contribution in [0, 0.1) is 5.92 Å². The SMILES string of the molecule is CCC(C)C(NC(=O)C(CS)NC(=O)CN)C(=O)O. The summed E-state index contributed by atoms with van der Waals surface area (Å²) in [6.45, 7) is 3.32. The highest BCUT2D eigenvalue weighted by atomic mass is 32.1. The summed E-state index contributed by atoms with van der Waals surface area (Å²) in [5.74, 6) is -2.34. The minimum atomic E-state index is -1.11. The molecule has 0 spiro atoms. The second kappa shape index (κ2) is 8.76. The molecule has 0 aromatic carbocycles. The Morgan fingerprint density at radius 2 is 1.89 bits per heavy atom. The van der Waals surface area contributed by atoms with E-state index < -0.39 is 29.9 Å². The van der Waals surface area contributed by atoms with Crippen LogP contribution in [0.5, 0.6) is 0 Å². The van der Waals surface area contributed by atoms with Gasteiger partial charge in [0.05, 0.1) is 6.54 Å². The number of rotatable bonds is 8. The molecule has 19 heavy (non-hydrogen) atoms. The van der Waals surface area contributed by atoms with Gasteiger partial charge in [0.15, 0.2) is 0 Å². The zero-order valence-corrected chi connectivity index (χ0v) is 11.9. The van der Waals surface area contributed by atoms with E-state index in [1.165, 1.54) is 0 Å². The smallest absolute Gasteiger partial charge is 0.326 e. The molecule has 0 saturated heterocycles. The van der Waals surface area contributed by atoms with Crippen molar-refractivity contribution >= 4 is 30.4 Å². The molecule has 2 amide bonds. The second-order valence-corrected chi connectivity index (χ2v) is 4.58. The lowest BCUT2D eigenvalue weighted by molar-refractivity contribution is -0.143. The number of nitrogens with two attached hydrogens (primary N) is 1. The molecule has 8 heteroatoms. The molecule has 3 atom stereocenters. The highest BCUT2D eigenvalue weighted by Gasteiger charge is 2.28. The Bertz CT molecular complexity index is 338. The standard InChI is InChI=1S/C11H21N3O4S/c1-3-6(2)9(11(17)18)14-10(16)7(5-19)13-8(15)4-12/h6-7,9,19H,3-5,12H2,1-2H3,(H,13,15)(H,14,16)(H,17,18). The summed E-state index contributed by atoms with van der Waals surface area (Å²) >= 11 is 3.95. The molecule has 3 unspecified atom stereocenters. The number of hydrogen-bond acceptors (Lipinski definition) is 5. The van der Waals surface area contributed by atoms with Crippen molar-refractivity contribution in [2.45, 2.75) is 32.4 Å². The molecule has 0 fully saturated rings. The van der Waals surface area contributed by atoms with Gasteiger partial charge in [0, 0.05) is 5.75 Å². The maximum Gasteiger partial charge on any atom is 0.326 e. The van der Waals surface area contributed by atoms with E-state index in [0.717, 1.165) is 0 Å². The van der Waals surface area contributed by atoms with E-state index in [1.807, 2.05) is 6.92 Å². The van der Waals surface area contributed by atoms with Crippen LogP contribution in [-0.4, -0.2) is 47.3 Å². The van der Waals surface area contributed by atoms with Crippen LogP contribution in [0.4, 0.5) is 0 Å². The number of thiol groups is 1. The number of carboxylic acid groups (broad SMARTS) is 1. The second-order valence-electron chi connectivity index (χ2n) is 4.22. The van der Waals surface area contributed by atoms with Gasteiger partial charge in [-0.1, -0.05) is 20.3 Å². The third-order valence-electron chi connectivity index (χ3n) is 2.80. The fraction of sp³-hybridized carbons (Fsp3) is 0.727. The lowest BCUT2D eigenvalue weighted by Crippen LogP contribution is -2.54. The van der Waals surface area contributed by atoms with Crippen molar-refractivity contribution in [1.29, 1.82) is 0 Å². The zero-order valence-electron chi connectivity index (χ0n) is 11.0. The molecule has 0 bridgehead atoms. The molecule has 7 nitrogen and oxygen atoms in total. The van der Waals surface area contributed by atoms with Crippen LogP contribution in [0.2, 0.25) is 0 Å². The van der Waals surface area contributed by atoms with Gasteiger partial charge in [-0.15, -0.1) is 0 Å². The summed E-state index contributed by atoms with van der Waals surface area (Å²) in [6.07, 6.45) is 0.609. The number of hydrogen-bond donors (Lipinski definition) is 5. The van der Waals surface area contributed by atoms with E-state index in [2.05, 4.69) is 23.3 Å². The molecule has 0 aliphatic rings. The molecule has 0 aliphatic carbocycles. The van der Waals surface area contributed by atoms with Crippen LogP contribution >= 0.6 is 12.6 Å². The largest absolute Gasteiger partial charge is 0.480 e. The summed E-state index contributed by atoms with van der Waals surface area (Å²) in [6, 6.07) is -1.89. The predicted molar refractivity (Wildman–Crippen MR) is 73.9 cm³/mol. The summed E-state index contributed by atoms with van der Waals surface area (Å²) in [5.41, 5.74) is 5.13. The first-order chi connectivity index (χ1) is 8.87. The van der Waals surface area contributed by atoms with E-state index in [9.17, 15) is 14.4 Å². The van der Waals surface area contributed by atoms with Crippen molar-refractivity contribution in [3.63, 3.8) is 0 Å². The Kier molecular flexibility index (Phi) is 8.17. The average molecular weight is 291 g/mol. The molecular formula is C11H21N3O4S. The summed E-state index contributed by atoms with van der Waals surface area (Å²) < 4.78 is 0. The van der Waals surface area contributed by atoms with Gasteiger partial charge in [0.1, 0.15) is 12.1 Å². The third kappa shape index (κ3) is 5.93. The summed E-state index contributed by atoms with van der Waals surface area (Å²) in [7, 11) is 0. The van der Waals surface area contributed by atoms with Gasteiger partial charge in [-0.3, -0.25) is 9.59 Å². The average Bonchev–Trinajstić information content (AvgIpc) is 2.40. The van der Waals surface area contributed by atoms with Crippen LogP contribution in [-0.2, 0) is 14.4 Å². The minimum Gasteiger partial charge on any atom is -0.480 e. The van der Waals surface area contributed by atoms with E-state index >= 15 is 0 Å². The Morgan fingerprint density at radius 1 is 1.32 bits per heavy atom. The van der Waals surface area contributed by atoms with Gasteiger partial charge >= 0.3 is 5.97 Å². The van der Waals surface area contributed by atoms with E-state index in [0.29, 0.717) is 6.42 Å². The van der Waals surface area contributed by atoms with Crippen LogP contribution < -0.4 is 16.4 Å². The number of nitrogens with one attached hydrogen (secondary N) is 2. The number of carbonyl (C=O) groups excluding carboxylic acids is 2. The highest BCUT2D eigenvalue weighted by Crippen LogP contribution is 2.08. The molecule has 0 saturated carbocycles. The molecule has 0 aromatic heterocycles. The van der Waals surface area contributed by atoms with E-state index in [4.69, 9.17) is 10.8 Å². The van der Waals surface area contributed by atoms with Crippen molar-refractivity contribution in [1.82, 2.24) is 10.6 Å². The normalized spacial score (nSPS) is 15.2. The van der Waals surface area contributed by atoms with Gasteiger partial charge in [-0.05, 0) is 5.92 Å². The van der Waals surface area contributed by atoms with Gasteiger partial charge in [0.2, 0.25) is 11.8 Å². The van der Waals surface area contributed by atoms with Gasteiger partial charge < -0.3 is 21.5 Å². The van der Waals surface area contributed by atoms with Crippen molar-refractivity contribution in [3.05, 3.63) is 0 Å². The first-order valence-electron chi connectivity index (χ1n) is 6.00. The van der Waals surface area contributed by atoms with Crippen molar-refractivity contribution in [2.75, 3.05) is 12.3 Å². The number of carbonyl (C=O) groups is 3. The number of carboxylic acids is 1. The molecule has 110 valence electrons. The predicted octanol–water partition coefficient (Wildman–Crippen LogP) is -1.02. The van der Waals surface area contributed by atoms with Gasteiger partial charge in [0.25, 0.3) is 0 Å². The Labute approximate surface area is 117 Å². The molecule has 0 aromatic rings. The summed E-state index contributed by atoms with van der Waals surface area (Å²) in [5, 5.41) is 13.8. The maximum atomic E-state index is 11.9. The molecule has 5 N–H and O–H groups in total. The van der Waals surface area contributed by atoms with Crippen LogP contribution in [0.25, 0.3) is 0 Å². The van der Waals surface area contributed by atoms with E-state index in [1.54, 1.807) is 6.92 Å². The monoisotopic (exact) mass is 291 g/mol. The number of aliphatic carboxylic acids is 1. The highest BCUT2D eigenvalue weighted by molar-refractivity contribution is 7.80. The Hall–Kier alpha value is -1.28. The molecule has 0 radical (unpaired) electrons. The van der Waals surface area contributed by atoms with Crippen LogP contribution in [0.3, 0.4) is 0 Å². The molecule has 0 aliphatic heterocycles. The lowest BCUT2D eigenvalue weighted by atomic mass is 9.99.